The van der Waals surface area contributed by atoms with E-state index < -0.39 is 0 Å². The van der Waals surface area contributed by atoms with Crippen molar-refractivity contribution < 1.29 is 0 Å². The van der Waals surface area contributed by atoms with E-state index in [1.807, 2.05) is 36.4 Å². The number of amidine groups is 2. The first-order valence-corrected chi connectivity index (χ1v) is 12.7. The maximum absolute atomic E-state index is 6.25. The number of halogens is 6. The molecule has 0 aliphatic heterocycles. The molecule has 0 spiro atoms. The van der Waals surface area contributed by atoms with Gasteiger partial charge in [-0.2, -0.15) is 0 Å². The third-order valence-electron chi connectivity index (χ3n) is 4.09. The zero-order valence-corrected chi connectivity index (χ0v) is 25.5. The SMILES string of the molecule is Br.Br.NC(=Nc1cccc(Cl)c1)SCc1cc(Cl)c(Cl)cc1CS/C(N)=N/c1cccc(Cl)c1. The molecule has 0 saturated carbocycles. The van der Waals surface area contributed by atoms with E-state index in [1.165, 1.54) is 23.5 Å². The maximum Gasteiger partial charge on any atom is 0.159 e. The Kier molecular flexibility index (Phi) is 14.4. The van der Waals surface area contributed by atoms with Crippen LogP contribution in [0.15, 0.2) is 70.6 Å². The van der Waals surface area contributed by atoms with E-state index in [0.717, 1.165) is 11.1 Å². The van der Waals surface area contributed by atoms with Crippen molar-refractivity contribution >= 4 is 126 Å². The van der Waals surface area contributed by atoms with E-state index in [9.17, 15) is 0 Å². The Morgan fingerprint density at radius 2 is 1.03 bits per heavy atom. The maximum atomic E-state index is 6.25. The van der Waals surface area contributed by atoms with Crippen LogP contribution < -0.4 is 11.5 Å². The molecule has 0 aromatic heterocycles. The Labute approximate surface area is 248 Å². The summed E-state index contributed by atoms with van der Waals surface area (Å²) in [5, 5.41) is 2.98. The summed E-state index contributed by atoms with van der Waals surface area (Å²) >= 11 is 27.3. The van der Waals surface area contributed by atoms with Crippen LogP contribution in [0.3, 0.4) is 0 Å². The van der Waals surface area contributed by atoms with E-state index in [2.05, 4.69) is 9.98 Å². The molecule has 3 aromatic rings. The monoisotopic (exact) mass is 702 g/mol. The van der Waals surface area contributed by atoms with Crippen molar-refractivity contribution in [2.75, 3.05) is 0 Å². The molecule has 0 aliphatic rings. The molecule has 0 bridgehead atoms. The fourth-order valence-corrected chi connectivity index (χ4v) is 4.84. The number of hydrogen-bond acceptors (Lipinski definition) is 4. The van der Waals surface area contributed by atoms with Gasteiger partial charge in [-0.1, -0.05) is 82.1 Å². The minimum Gasteiger partial charge on any atom is -0.378 e. The molecule has 0 saturated heterocycles. The molecule has 0 radical (unpaired) electrons. The molecule has 0 atom stereocenters. The Morgan fingerprint density at radius 1 is 0.647 bits per heavy atom. The summed E-state index contributed by atoms with van der Waals surface area (Å²) in [7, 11) is 0. The number of rotatable bonds is 6. The van der Waals surface area contributed by atoms with Gasteiger partial charge in [0.05, 0.1) is 21.4 Å². The molecule has 182 valence electrons. The second kappa shape index (κ2) is 15.5. The summed E-state index contributed by atoms with van der Waals surface area (Å²) < 4.78 is 0. The van der Waals surface area contributed by atoms with Gasteiger partial charge in [-0.25, -0.2) is 9.98 Å². The third kappa shape index (κ3) is 10.2. The zero-order chi connectivity index (χ0) is 23.1. The van der Waals surface area contributed by atoms with E-state index in [0.29, 0.717) is 53.3 Å². The van der Waals surface area contributed by atoms with Crippen LogP contribution in [-0.2, 0) is 11.5 Å². The molecule has 3 aromatic carbocycles. The first kappa shape index (κ1) is 31.4. The average Bonchev–Trinajstić information content (AvgIpc) is 2.73. The minimum absolute atomic E-state index is 0. The molecule has 0 fully saturated rings. The van der Waals surface area contributed by atoms with E-state index in [-0.39, 0.29) is 34.0 Å². The van der Waals surface area contributed by atoms with Gasteiger partial charge in [0.25, 0.3) is 0 Å². The van der Waals surface area contributed by atoms with Gasteiger partial charge in [0.15, 0.2) is 10.3 Å². The summed E-state index contributed by atoms with van der Waals surface area (Å²) in [6.07, 6.45) is 0. The molecule has 4 N–H and O–H groups in total. The Balaban J connectivity index is 0.00000289. The standard InChI is InChI=1S/C22H18Cl4N4S2.2BrH/c23-15-3-1-5-17(9-15)29-21(27)31-11-13-7-19(25)20(26)8-14(13)12-32-22(28)30-18-6-2-4-16(24)10-18;;/h1-10H,11-12H2,(H2,27,29)(H2,28,30);2*1H. The van der Waals surface area contributed by atoms with Crippen molar-refractivity contribution in [1.82, 2.24) is 0 Å². The zero-order valence-electron chi connectivity index (χ0n) is 17.4. The van der Waals surface area contributed by atoms with Crippen LogP contribution >= 0.6 is 104 Å². The van der Waals surface area contributed by atoms with Crippen molar-refractivity contribution in [2.45, 2.75) is 11.5 Å². The van der Waals surface area contributed by atoms with Gasteiger partial charge in [0.1, 0.15) is 0 Å². The van der Waals surface area contributed by atoms with Crippen molar-refractivity contribution in [2.24, 2.45) is 21.5 Å². The van der Waals surface area contributed by atoms with Crippen molar-refractivity contribution in [3.63, 3.8) is 0 Å². The van der Waals surface area contributed by atoms with Crippen LogP contribution in [0.1, 0.15) is 11.1 Å². The predicted octanol–water partition coefficient (Wildman–Crippen LogP) is 9.22. The lowest BCUT2D eigenvalue weighted by molar-refractivity contribution is 1.29. The number of benzene rings is 3. The van der Waals surface area contributed by atoms with E-state index in [4.69, 9.17) is 57.9 Å². The largest absolute Gasteiger partial charge is 0.378 e. The highest BCUT2D eigenvalue weighted by molar-refractivity contribution is 8.93. The lowest BCUT2D eigenvalue weighted by Crippen LogP contribution is -2.08. The molecule has 0 aliphatic carbocycles. The normalized spacial score (nSPS) is 11.5. The summed E-state index contributed by atoms with van der Waals surface area (Å²) in [6, 6.07) is 18.1. The van der Waals surface area contributed by atoms with Crippen LogP contribution in [0.4, 0.5) is 11.4 Å². The lowest BCUT2D eigenvalue weighted by Gasteiger charge is -2.11. The number of nitrogens with zero attached hydrogens (tertiary/aromatic N) is 2. The summed E-state index contributed by atoms with van der Waals surface area (Å²) in [4.78, 5) is 8.78. The van der Waals surface area contributed by atoms with Crippen LogP contribution in [0.2, 0.25) is 20.1 Å². The molecule has 0 heterocycles. The molecule has 34 heavy (non-hydrogen) atoms. The van der Waals surface area contributed by atoms with Crippen LogP contribution in [0, 0.1) is 0 Å². The fourth-order valence-electron chi connectivity index (χ4n) is 2.61. The number of nitrogens with two attached hydrogens (primary N) is 2. The van der Waals surface area contributed by atoms with Gasteiger partial charge in [-0.3, -0.25) is 0 Å². The molecular weight excluding hydrogens is 686 g/mol. The quantitative estimate of drug-likeness (QED) is 0.198. The minimum atomic E-state index is 0. The summed E-state index contributed by atoms with van der Waals surface area (Å²) in [5.74, 6) is 1.13. The second-order valence-corrected chi connectivity index (χ2v) is 10.2. The topological polar surface area (TPSA) is 76.8 Å². The van der Waals surface area contributed by atoms with Crippen molar-refractivity contribution in [3.05, 3.63) is 91.9 Å². The average molecular weight is 706 g/mol. The van der Waals surface area contributed by atoms with Crippen LogP contribution in [-0.4, -0.2) is 10.3 Å². The molecule has 4 nitrogen and oxygen atoms in total. The Bertz CT molecular complexity index is 1090. The Morgan fingerprint density at radius 3 is 1.38 bits per heavy atom. The lowest BCUT2D eigenvalue weighted by atomic mass is 10.1. The first-order valence-electron chi connectivity index (χ1n) is 9.22. The summed E-state index contributed by atoms with van der Waals surface area (Å²) in [5.41, 5.74) is 15.5. The van der Waals surface area contributed by atoms with E-state index >= 15 is 0 Å². The first-order chi connectivity index (χ1) is 15.3. The molecule has 0 unspecified atom stereocenters. The predicted molar refractivity (Wildman–Crippen MR) is 165 cm³/mol. The Hall–Kier alpha value is -0.580. The number of hydrogen-bond donors (Lipinski definition) is 2. The molecule has 12 heteroatoms. The van der Waals surface area contributed by atoms with Gasteiger partial charge in [0.2, 0.25) is 0 Å². The number of thioether (sulfide) groups is 2. The summed E-state index contributed by atoms with van der Waals surface area (Å²) in [6.45, 7) is 0. The van der Waals surface area contributed by atoms with Crippen LogP contribution in [0.25, 0.3) is 0 Å². The number of aliphatic imine (C=N–C) groups is 2. The van der Waals surface area contributed by atoms with Gasteiger partial charge < -0.3 is 11.5 Å². The van der Waals surface area contributed by atoms with E-state index in [1.54, 1.807) is 24.3 Å². The van der Waals surface area contributed by atoms with Crippen molar-refractivity contribution in [3.8, 4) is 0 Å². The smallest absolute Gasteiger partial charge is 0.159 e. The third-order valence-corrected chi connectivity index (χ3v) is 6.97. The highest BCUT2D eigenvalue weighted by Crippen LogP contribution is 2.31. The van der Waals surface area contributed by atoms with Gasteiger partial charge in [-0.05, 0) is 59.7 Å². The molecule has 3 rings (SSSR count). The highest BCUT2D eigenvalue weighted by Gasteiger charge is 2.10. The highest BCUT2D eigenvalue weighted by atomic mass is 79.9. The molecule has 0 amide bonds. The van der Waals surface area contributed by atoms with Gasteiger partial charge in [0, 0.05) is 21.6 Å². The van der Waals surface area contributed by atoms with Gasteiger partial charge in [-0.15, -0.1) is 34.0 Å². The van der Waals surface area contributed by atoms with Crippen molar-refractivity contribution in [1.29, 1.82) is 0 Å². The fraction of sp³-hybridized carbons (Fsp3) is 0.0909. The van der Waals surface area contributed by atoms with Gasteiger partial charge >= 0.3 is 0 Å². The second-order valence-electron chi connectivity index (χ2n) is 6.47. The van der Waals surface area contributed by atoms with Crippen LogP contribution in [0.5, 0.6) is 0 Å². The molecular formula is C22H20Br2Cl4N4S2.